The van der Waals surface area contributed by atoms with E-state index in [2.05, 4.69) is 10.4 Å². The molecule has 7 nitrogen and oxygen atoms in total. The van der Waals surface area contributed by atoms with Crippen molar-refractivity contribution >= 4 is 23.8 Å². The average molecular weight is 414 g/mol. The molecule has 2 aliphatic heterocycles. The zero-order chi connectivity index (χ0) is 21.3. The molecule has 2 aromatic rings. The SMILES string of the molecule is CC(=O)Nc1cccc(OC2CN(C(=O)N3N=CCC3c3cc(F)cc(F)c3)C2)c1. The van der Waals surface area contributed by atoms with Gasteiger partial charge in [-0.3, -0.25) is 4.79 Å². The zero-order valence-electron chi connectivity index (χ0n) is 16.2. The van der Waals surface area contributed by atoms with E-state index in [-0.39, 0.29) is 18.0 Å². The molecule has 0 aromatic heterocycles. The number of amides is 3. The lowest BCUT2D eigenvalue weighted by Gasteiger charge is -2.41. The van der Waals surface area contributed by atoms with Gasteiger partial charge in [-0.25, -0.2) is 18.6 Å². The van der Waals surface area contributed by atoms with Crippen LogP contribution >= 0.6 is 0 Å². The normalized spacial score (nSPS) is 18.3. The highest BCUT2D eigenvalue weighted by molar-refractivity contribution is 5.88. The molecule has 1 unspecified atom stereocenters. The van der Waals surface area contributed by atoms with Crippen LogP contribution in [0.2, 0.25) is 0 Å². The average Bonchev–Trinajstić information content (AvgIpc) is 3.13. The summed E-state index contributed by atoms with van der Waals surface area (Å²) in [5.41, 5.74) is 0.991. The van der Waals surface area contributed by atoms with E-state index in [1.165, 1.54) is 24.1 Å². The number of nitrogens with one attached hydrogen (secondary N) is 1. The fraction of sp³-hybridized carbons (Fsp3) is 0.286. The van der Waals surface area contributed by atoms with Crippen molar-refractivity contribution in [3.8, 4) is 5.75 Å². The maximum atomic E-state index is 13.6. The highest BCUT2D eigenvalue weighted by Crippen LogP contribution is 2.31. The van der Waals surface area contributed by atoms with Crippen LogP contribution in [0, 0.1) is 11.6 Å². The summed E-state index contributed by atoms with van der Waals surface area (Å²) in [4.78, 5) is 25.5. The molecule has 1 saturated heterocycles. The van der Waals surface area contributed by atoms with Crippen LogP contribution in [0.25, 0.3) is 0 Å². The summed E-state index contributed by atoms with van der Waals surface area (Å²) >= 11 is 0. The van der Waals surface area contributed by atoms with Gasteiger partial charge in [-0.05, 0) is 29.8 Å². The molecule has 9 heteroatoms. The molecular formula is C21H20F2N4O3. The van der Waals surface area contributed by atoms with E-state index in [1.807, 2.05) is 0 Å². The number of likely N-dealkylation sites (tertiary alicyclic amines) is 1. The Balaban J connectivity index is 1.36. The van der Waals surface area contributed by atoms with Crippen molar-refractivity contribution in [3.63, 3.8) is 0 Å². The maximum Gasteiger partial charge on any atom is 0.341 e. The predicted molar refractivity (Wildman–Crippen MR) is 106 cm³/mol. The molecular weight excluding hydrogens is 394 g/mol. The fourth-order valence-electron chi connectivity index (χ4n) is 3.50. The van der Waals surface area contributed by atoms with Gasteiger partial charge in [0.05, 0.1) is 19.1 Å². The van der Waals surface area contributed by atoms with E-state index in [0.29, 0.717) is 36.5 Å². The maximum absolute atomic E-state index is 13.6. The van der Waals surface area contributed by atoms with Gasteiger partial charge in [0.2, 0.25) is 5.91 Å². The minimum Gasteiger partial charge on any atom is -0.487 e. The van der Waals surface area contributed by atoms with Gasteiger partial charge in [-0.2, -0.15) is 5.10 Å². The Morgan fingerprint density at radius 3 is 2.57 bits per heavy atom. The molecule has 0 aliphatic carbocycles. The Kier molecular flexibility index (Phi) is 5.35. The third-order valence-corrected chi connectivity index (χ3v) is 4.87. The molecule has 30 heavy (non-hydrogen) atoms. The number of carbonyl (C=O) groups excluding carboxylic acids is 2. The number of ether oxygens (including phenoxy) is 1. The van der Waals surface area contributed by atoms with Crippen LogP contribution in [0.3, 0.4) is 0 Å². The second kappa shape index (κ2) is 8.10. The summed E-state index contributed by atoms with van der Waals surface area (Å²) in [5, 5.41) is 8.03. The van der Waals surface area contributed by atoms with E-state index in [4.69, 9.17) is 4.74 Å². The van der Waals surface area contributed by atoms with Crippen LogP contribution in [0.15, 0.2) is 47.6 Å². The van der Waals surface area contributed by atoms with Crippen LogP contribution in [-0.2, 0) is 4.79 Å². The number of hydrogen-bond acceptors (Lipinski definition) is 4. The number of anilines is 1. The second-order valence-electron chi connectivity index (χ2n) is 7.23. The molecule has 1 N–H and O–H groups in total. The zero-order valence-corrected chi connectivity index (χ0v) is 16.2. The van der Waals surface area contributed by atoms with Crippen LogP contribution < -0.4 is 10.1 Å². The molecule has 0 radical (unpaired) electrons. The minimum absolute atomic E-state index is 0.175. The van der Waals surface area contributed by atoms with E-state index in [1.54, 1.807) is 35.4 Å². The van der Waals surface area contributed by atoms with Gasteiger partial charge in [0.1, 0.15) is 23.5 Å². The van der Waals surface area contributed by atoms with Crippen LogP contribution in [0.1, 0.15) is 24.9 Å². The third-order valence-electron chi connectivity index (χ3n) is 4.87. The quantitative estimate of drug-likeness (QED) is 0.832. The summed E-state index contributed by atoms with van der Waals surface area (Å²) in [5.74, 6) is -0.969. The highest BCUT2D eigenvalue weighted by atomic mass is 19.1. The highest BCUT2D eigenvalue weighted by Gasteiger charge is 2.39. The first kappa shape index (κ1) is 19.8. The second-order valence-corrected chi connectivity index (χ2v) is 7.23. The molecule has 3 amide bonds. The van der Waals surface area contributed by atoms with E-state index in [9.17, 15) is 18.4 Å². The Labute approximate surface area is 171 Å². The number of rotatable bonds is 4. The molecule has 1 atom stereocenters. The Morgan fingerprint density at radius 2 is 1.87 bits per heavy atom. The monoisotopic (exact) mass is 414 g/mol. The van der Waals surface area contributed by atoms with Crippen LogP contribution in [-0.4, -0.2) is 47.3 Å². The lowest BCUT2D eigenvalue weighted by Crippen LogP contribution is -2.58. The summed E-state index contributed by atoms with van der Waals surface area (Å²) in [6.45, 7) is 2.15. The summed E-state index contributed by atoms with van der Waals surface area (Å²) in [7, 11) is 0. The van der Waals surface area contributed by atoms with Crippen molar-refractivity contribution < 1.29 is 23.1 Å². The molecule has 2 heterocycles. The van der Waals surface area contributed by atoms with Crippen LogP contribution in [0.5, 0.6) is 5.75 Å². The molecule has 0 bridgehead atoms. The van der Waals surface area contributed by atoms with Gasteiger partial charge < -0.3 is 15.0 Å². The fourth-order valence-corrected chi connectivity index (χ4v) is 3.50. The van der Waals surface area contributed by atoms with Crippen molar-refractivity contribution in [2.75, 3.05) is 18.4 Å². The van der Waals surface area contributed by atoms with Crippen molar-refractivity contribution in [2.45, 2.75) is 25.5 Å². The Hall–Kier alpha value is -3.49. The number of nitrogens with zero attached hydrogens (tertiary/aromatic N) is 3. The number of carbonyl (C=O) groups is 2. The first-order valence-corrected chi connectivity index (χ1v) is 9.50. The van der Waals surface area contributed by atoms with Gasteiger partial charge in [0, 0.05) is 37.4 Å². The standard InChI is InChI=1S/C21H20F2N4O3/c1-13(28)25-17-3-2-4-18(10-17)30-19-11-26(12-19)21(29)27-20(5-6-24-27)14-7-15(22)9-16(23)8-14/h2-4,6-10,19-20H,5,11-12H2,1H3,(H,25,28). The summed E-state index contributed by atoms with van der Waals surface area (Å²) in [6, 6.07) is 9.35. The van der Waals surface area contributed by atoms with E-state index < -0.39 is 17.7 Å². The van der Waals surface area contributed by atoms with Gasteiger partial charge in [0.25, 0.3) is 0 Å². The van der Waals surface area contributed by atoms with Crippen molar-refractivity contribution in [2.24, 2.45) is 5.10 Å². The predicted octanol–water partition coefficient (Wildman–Crippen LogP) is 3.54. The molecule has 2 aromatic carbocycles. The van der Waals surface area contributed by atoms with Crippen molar-refractivity contribution in [1.82, 2.24) is 9.91 Å². The molecule has 1 fully saturated rings. The molecule has 0 spiro atoms. The van der Waals surface area contributed by atoms with E-state index >= 15 is 0 Å². The van der Waals surface area contributed by atoms with Gasteiger partial charge in [-0.1, -0.05) is 6.07 Å². The van der Waals surface area contributed by atoms with Crippen LogP contribution in [0.4, 0.5) is 19.3 Å². The van der Waals surface area contributed by atoms with Gasteiger partial charge in [-0.15, -0.1) is 0 Å². The lowest BCUT2D eigenvalue weighted by molar-refractivity contribution is -0.114. The topological polar surface area (TPSA) is 74.2 Å². The number of benzene rings is 2. The number of hydrazone groups is 1. The first-order valence-electron chi connectivity index (χ1n) is 9.50. The Morgan fingerprint density at radius 1 is 1.13 bits per heavy atom. The lowest BCUT2D eigenvalue weighted by atomic mass is 10.0. The summed E-state index contributed by atoms with van der Waals surface area (Å²) in [6.07, 6.45) is 1.75. The Bertz CT molecular complexity index is 987. The van der Waals surface area contributed by atoms with Gasteiger partial charge in [0.15, 0.2) is 0 Å². The number of hydrogen-bond donors (Lipinski definition) is 1. The summed E-state index contributed by atoms with van der Waals surface area (Å²) < 4.78 is 33.0. The molecule has 156 valence electrons. The van der Waals surface area contributed by atoms with E-state index in [0.717, 1.165) is 6.07 Å². The van der Waals surface area contributed by atoms with Crippen molar-refractivity contribution in [3.05, 3.63) is 59.7 Å². The number of halogens is 2. The minimum atomic E-state index is -0.691. The van der Waals surface area contributed by atoms with Crippen molar-refractivity contribution in [1.29, 1.82) is 0 Å². The molecule has 2 aliphatic rings. The molecule has 0 saturated carbocycles. The smallest absolute Gasteiger partial charge is 0.341 e. The number of urea groups is 1. The third kappa shape index (κ3) is 4.24. The first-order chi connectivity index (χ1) is 14.4. The molecule has 4 rings (SSSR count). The van der Waals surface area contributed by atoms with Gasteiger partial charge >= 0.3 is 6.03 Å². The largest absolute Gasteiger partial charge is 0.487 e.